The zero-order chi connectivity index (χ0) is 16.2. The molecule has 3 aromatic rings. The van der Waals surface area contributed by atoms with Gasteiger partial charge in [0.05, 0.1) is 11.7 Å². The highest BCUT2D eigenvalue weighted by molar-refractivity contribution is 6.30. The monoisotopic (exact) mass is 325 g/mol. The number of hydrogen-bond acceptors (Lipinski definition) is 2. The SMILES string of the molecule is CC(NC(=O)c1cc(-c2cccc(Cl)c2)n[nH]1)c1ccccc1. The van der Waals surface area contributed by atoms with E-state index in [1.54, 1.807) is 12.1 Å². The Hall–Kier alpha value is -2.59. The summed E-state index contributed by atoms with van der Waals surface area (Å²) in [7, 11) is 0. The van der Waals surface area contributed by atoms with Gasteiger partial charge in [0, 0.05) is 10.6 Å². The molecule has 2 N–H and O–H groups in total. The van der Waals surface area contributed by atoms with Gasteiger partial charge in [0.2, 0.25) is 0 Å². The van der Waals surface area contributed by atoms with Gasteiger partial charge in [-0.3, -0.25) is 9.89 Å². The van der Waals surface area contributed by atoms with Crippen molar-refractivity contribution in [2.24, 2.45) is 0 Å². The van der Waals surface area contributed by atoms with E-state index in [-0.39, 0.29) is 11.9 Å². The third-order valence-electron chi connectivity index (χ3n) is 3.59. The number of aromatic amines is 1. The van der Waals surface area contributed by atoms with E-state index >= 15 is 0 Å². The van der Waals surface area contributed by atoms with E-state index in [0.29, 0.717) is 16.4 Å². The van der Waals surface area contributed by atoms with Gasteiger partial charge >= 0.3 is 0 Å². The third kappa shape index (κ3) is 3.60. The molecule has 1 aromatic heterocycles. The van der Waals surface area contributed by atoms with Crippen LogP contribution in [0.15, 0.2) is 60.7 Å². The first-order valence-corrected chi connectivity index (χ1v) is 7.68. The van der Waals surface area contributed by atoms with Crippen molar-refractivity contribution in [1.29, 1.82) is 0 Å². The van der Waals surface area contributed by atoms with Crippen LogP contribution in [0.2, 0.25) is 5.02 Å². The molecule has 0 radical (unpaired) electrons. The fraction of sp³-hybridized carbons (Fsp3) is 0.111. The van der Waals surface area contributed by atoms with Gasteiger partial charge in [0.1, 0.15) is 5.69 Å². The maximum atomic E-state index is 12.3. The van der Waals surface area contributed by atoms with Gasteiger partial charge in [-0.1, -0.05) is 54.1 Å². The minimum Gasteiger partial charge on any atom is -0.344 e. The molecule has 0 saturated heterocycles. The summed E-state index contributed by atoms with van der Waals surface area (Å²) in [6.45, 7) is 1.95. The van der Waals surface area contributed by atoms with Crippen molar-refractivity contribution in [1.82, 2.24) is 15.5 Å². The van der Waals surface area contributed by atoms with Crippen molar-refractivity contribution in [3.63, 3.8) is 0 Å². The second kappa shape index (κ2) is 6.67. The number of carbonyl (C=O) groups excluding carboxylic acids is 1. The summed E-state index contributed by atoms with van der Waals surface area (Å²) in [5.74, 6) is -0.192. The molecule has 1 unspecified atom stereocenters. The summed E-state index contributed by atoms with van der Waals surface area (Å²) in [6.07, 6.45) is 0. The minimum absolute atomic E-state index is 0.0818. The smallest absolute Gasteiger partial charge is 0.269 e. The molecule has 1 amide bonds. The van der Waals surface area contributed by atoms with Gasteiger partial charge in [0.15, 0.2) is 0 Å². The number of nitrogens with one attached hydrogen (secondary N) is 2. The lowest BCUT2D eigenvalue weighted by Gasteiger charge is -2.13. The van der Waals surface area contributed by atoms with Crippen LogP contribution >= 0.6 is 11.6 Å². The van der Waals surface area contributed by atoms with Gasteiger partial charge in [0.25, 0.3) is 5.91 Å². The fourth-order valence-electron chi connectivity index (χ4n) is 2.33. The molecule has 0 aliphatic rings. The Morgan fingerprint density at radius 3 is 2.65 bits per heavy atom. The van der Waals surface area contributed by atoms with Crippen LogP contribution in [-0.2, 0) is 0 Å². The summed E-state index contributed by atoms with van der Waals surface area (Å²) in [5.41, 5.74) is 3.02. The number of carbonyl (C=O) groups is 1. The summed E-state index contributed by atoms with van der Waals surface area (Å²) in [6, 6.07) is 18.8. The summed E-state index contributed by atoms with van der Waals surface area (Å²) in [5, 5.41) is 10.5. The number of hydrogen-bond donors (Lipinski definition) is 2. The maximum absolute atomic E-state index is 12.3. The van der Waals surface area contributed by atoms with Crippen LogP contribution in [0.3, 0.4) is 0 Å². The topological polar surface area (TPSA) is 57.8 Å². The molecular formula is C18H16ClN3O. The second-order valence-corrected chi connectivity index (χ2v) is 5.72. The molecule has 1 heterocycles. The third-order valence-corrected chi connectivity index (χ3v) is 3.83. The van der Waals surface area contributed by atoms with Crippen molar-refractivity contribution in [3.8, 4) is 11.3 Å². The Labute approximate surface area is 139 Å². The van der Waals surface area contributed by atoms with Crippen LogP contribution in [0.5, 0.6) is 0 Å². The number of rotatable bonds is 4. The highest BCUT2D eigenvalue weighted by atomic mass is 35.5. The zero-order valence-corrected chi connectivity index (χ0v) is 13.3. The van der Waals surface area contributed by atoms with Crippen LogP contribution in [0, 0.1) is 0 Å². The molecule has 0 saturated carbocycles. The fourth-order valence-corrected chi connectivity index (χ4v) is 2.52. The lowest BCUT2D eigenvalue weighted by atomic mass is 10.1. The molecule has 0 fully saturated rings. The number of aromatic nitrogens is 2. The van der Waals surface area contributed by atoms with Crippen molar-refractivity contribution in [3.05, 3.63) is 76.9 Å². The van der Waals surface area contributed by atoms with Gasteiger partial charge in [-0.2, -0.15) is 5.10 Å². The first-order valence-electron chi connectivity index (χ1n) is 7.30. The molecule has 5 heteroatoms. The number of H-pyrrole nitrogens is 1. The summed E-state index contributed by atoms with van der Waals surface area (Å²) < 4.78 is 0. The van der Waals surface area contributed by atoms with Crippen molar-refractivity contribution in [2.75, 3.05) is 0 Å². The highest BCUT2D eigenvalue weighted by Crippen LogP contribution is 2.21. The van der Waals surface area contributed by atoms with Crippen LogP contribution in [-0.4, -0.2) is 16.1 Å². The van der Waals surface area contributed by atoms with E-state index in [1.807, 2.05) is 55.5 Å². The van der Waals surface area contributed by atoms with Gasteiger partial charge in [-0.25, -0.2) is 0 Å². The molecule has 1 atom stereocenters. The molecule has 0 bridgehead atoms. The largest absolute Gasteiger partial charge is 0.344 e. The van der Waals surface area contributed by atoms with E-state index in [9.17, 15) is 4.79 Å². The van der Waals surface area contributed by atoms with Crippen molar-refractivity contribution >= 4 is 17.5 Å². The summed E-state index contributed by atoms with van der Waals surface area (Å²) in [4.78, 5) is 12.3. The van der Waals surface area contributed by atoms with Crippen molar-refractivity contribution < 1.29 is 4.79 Å². The molecule has 23 heavy (non-hydrogen) atoms. The summed E-state index contributed by atoms with van der Waals surface area (Å²) >= 11 is 5.98. The van der Waals surface area contributed by atoms with Crippen LogP contribution < -0.4 is 5.32 Å². The standard InChI is InChI=1S/C18H16ClN3O/c1-12(13-6-3-2-4-7-13)20-18(23)17-11-16(21-22-17)14-8-5-9-15(19)10-14/h2-12H,1H3,(H,20,23)(H,21,22). The molecule has 0 aliphatic heterocycles. The lowest BCUT2D eigenvalue weighted by Crippen LogP contribution is -2.26. The van der Waals surface area contributed by atoms with E-state index in [2.05, 4.69) is 15.5 Å². The second-order valence-electron chi connectivity index (χ2n) is 5.28. The minimum atomic E-state index is -0.192. The average Bonchev–Trinajstić information content (AvgIpc) is 3.06. The van der Waals surface area contributed by atoms with Crippen LogP contribution in [0.25, 0.3) is 11.3 Å². The Morgan fingerprint density at radius 1 is 1.13 bits per heavy atom. The highest BCUT2D eigenvalue weighted by Gasteiger charge is 2.14. The molecule has 4 nitrogen and oxygen atoms in total. The predicted molar refractivity (Wildman–Crippen MR) is 91.4 cm³/mol. The molecule has 116 valence electrons. The van der Waals surface area contributed by atoms with Gasteiger partial charge < -0.3 is 5.32 Å². The van der Waals surface area contributed by atoms with E-state index in [1.165, 1.54) is 0 Å². The van der Waals surface area contributed by atoms with Gasteiger partial charge in [-0.15, -0.1) is 0 Å². The number of amides is 1. The molecule has 0 spiro atoms. The number of nitrogens with zero attached hydrogens (tertiary/aromatic N) is 1. The Bertz CT molecular complexity index is 814. The van der Waals surface area contributed by atoms with Crippen LogP contribution in [0.4, 0.5) is 0 Å². The van der Waals surface area contributed by atoms with Gasteiger partial charge in [-0.05, 0) is 30.7 Å². The van der Waals surface area contributed by atoms with E-state index in [0.717, 1.165) is 11.1 Å². The molecule has 3 rings (SSSR count). The Morgan fingerprint density at radius 2 is 1.91 bits per heavy atom. The normalized spacial score (nSPS) is 11.9. The van der Waals surface area contributed by atoms with E-state index in [4.69, 9.17) is 11.6 Å². The number of halogens is 1. The predicted octanol–water partition coefficient (Wildman–Crippen LogP) is 4.22. The first-order chi connectivity index (χ1) is 11.1. The quantitative estimate of drug-likeness (QED) is 0.754. The maximum Gasteiger partial charge on any atom is 0.269 e. The molecule has 0 aliphatic carbocycles. The zero-order valence-electron chi connectivity index (χ0n) is 12.6. The molecule has 2 aromatic carbocycles. The Balaban J connectivity index is 1.74. The Kier molecular flexibility index (Phi) is 4.44. The molecular weight excluding hydrogens is 310 g/mol. The average molecular weight is 326 g/mol. The number of benzene rings is 2. The van der Waals surface area contributed by atoms with E-state index < -0.39 is 0 Å². The lowest BCUT2D eigenvalue weighted by molar-refractivity contribution is 0.0935. The first kappa shape index (κ1) is 15.3. The van der Waals surface area contributed by atoms with Crippen molar-refractivity contribution in [2.45, 2.75) is 13.0 Å². The van der Waals surface area contributed by atoms with Crippen LogP contribution in [0.1, 0.15) is 29.0 Å².